The number of benzene rings is 1. The third kappa shape index (κ3) is 3.27. The minimum Gasteiger partial charge on any atom is -0.489 e. The average molecular weight is 262 g/mol. The molecule has 1 aromatic carbocycles. The number of likely N-dealkylation sites (N-methyl/N-ethyl adjacent to an activating group) is 1. The van der Waals surface area contributed by atoms with E-state index in [-0.39, 0.29) is 11.9 Å². The second kappa shape index (κ2) is 5.32. The molecule has 0 saturated heterocycles. The van der Waals surface area contributed by atoms with E-state index in [1.165, 1.54) is 6.07 Å². The van der Waals surface area contributed by atoms with Crippen LogP contribution in [-0.2, 0) is 0 Å². The van der Waals surface area contributed by atoms with Crippen molar-refractivity contribution in [3.05, 3.63) is 28.5 Å². The van der Waals surface area contributed by atoms with Gasteiger partial charge in [0, 0.05) is 6.54 Å². The highest BCUT2D eigenvalue weighted by Gasteiger charge is 2.05. The fourth-order valence-electron chi connectivity index (χ4n) is 1.11. The van der Waals surface area contributed by atoms with E-state index in [4.69, 9.17) is 4.74 Å². The summed E-state index contributed by atoms with van der Waals surface area (Å²) >= 11 is 3.10. The van der Waals surface area contributed by atoms with Crippen LogP contribution in [0.1, 0.15) is 6.92 Å². The summed E-state index contributed by atoms with van der Waals surface area (Å²) < 4.78 is 18.8. The van der Waals surface area contributed by atoms with Crippen LogP contribution in [0.2, 0.25) is 0 Å². The molecular formula is C10H13BrFNO. The van der Waals surface area contributed by atoms with Gasteiger partial charge in [-0.05, 0) is 48.1 Å². The Hall–Kier alpha value is -0.610. The molecule has 0 spiro atoms. The summed E-state index contributed by atoms with van der Waals surface area (Å²) in [5, 5.41) is 3.00. The predicted molar refractivity (Wildman–Crippen MR) is 58.1 cm³/mol. The molecule has 1 N–H and O–H groups in total. The van der Waals surface area contributed by atoms with Gasteiger partial charge < -0.3 is 10.1 Å². The Balaban J connectivity index is 2.63. The van der Waals surface area contributed by atoms with Gasteiger partial charge in [0.1, 0.15) is 17.7 Å². The van der Waals surface area contributed by atoms with Gasteiger partial charge in [-0.3, -0.25) is 0 Å². The fourth-order valence-corrected chi connectivity index (χ4v) is 1.47. The molecule has 14 heavy (non-hydrogen) atoms. The number of nitrogens with one attached hydrogen (secondary N) is 1. The van der Waals surface area contributed by atoms with E-state index in [0.717, 1.165) is 6.54 Å². The Morgan fingerprint density at radius 1 is 1.57 bits per heavy atom. The van der Waals surface area contributed by atoms with Crippen LogP contribution in [0.4, 0.5) is 4.39 Å². The summed E-state index contributed by atoms with van der Waals surface area (Å²) in [5.74, 6) is 0.389. The molecular weight excluding hydrogens is 249 g/mol. The maximum atomic E-state index is 12.9. The lowest BCUT2D eigenvalue weighted by atomic mass is 10.3. The van der Waals surface area contributed by atoms with Crippen LogP contribution in [0.15, 0.2) is 22.7 Å². The molecule has 78 valence electrons. The number of halogens is 2. The van der Waals surface area contributed by atoms with E-state index >= 15 is 0 Å². The van der Waals surface area contributed by atoms with Crippen molar-refractivity contribution in [3.63, 3.8) is 0 Å². The van der Waals surface area contributed by atoms with Gasteiger partial charge in [0.15, 0.2) is 0 Å². The fraction of sp³-hybridized carbons (Fsp3) is 0.400. The topological polar surface area (TPSA) is 21.3 Å². The highest BCUT2D eigenvalue weighted by Crippen LogP contribution is 2.22. The second-order valence-electron chi connectivity index (χ2n) is 3.06. The van der Waals surface area contributed by atoms with Crippen molar-refractivity contribution in [1.82, 2.24) is 5.32 Å². The van der Waals surface area contributed by atoms with Crippen LogP contribution in [0.5, 0.6) is 5.75 Å². The first-order valence-electron chi connectivity index (χ1n) is 4.39. The Morgan fingerprint density at radius 3 is 2.86 bits per heavy atom. The Morgan fingerprint density at radius 2 is 2.29 bits per heavy atom. The molecule has 1 rings (SSSR count). The smallest absolute Gasteiger partial charge is 0.137 e. The van der Waals surface area contributed by atoms with Crippen molar-refractivity contribution in [3.8, 4) is 5.75 Å². The third-order valence-corrected chi connectivity index (χ3v) is 2.33. The molecule has 0 bridgehead atoms. The minimum absolute atomic E-state index is 0.0670. The lowest BCUT2D eigenvalue weighted by Gasteiger charge is -2.14. The van der Waals surface area contributed by atoms with Crippen LogP contribution >= 0.6 is 15.9 Å². The van der Waals surface area contributed by atoms with E-state index in [1.807, 2.05) is 14.0 Å². The van der Waals surface area contributed by atoms with Gasteiger partial charge >= 0.3 is 0 Å². The summed E-state index contributed by atoms with van der Waals surface area (Å²) in [5.41, 5.74) is 0. The first kappa shape index (κ1) is 11.5. The summed E-state index contributed by atoms with van der Waals surface area (Å²) in [4.78, 5) is 0. The van der Waals surface area contributed by atoms with Crippen molar-refractivity contribution >= 4 is 15.9 Å². The molecule has 0 aliphatic heterocycles. The molecule has 0 radical (unpaired) electrons. The summed E-state index contributed by atoms with van der Waals surface area (Å²) in [7, 11) is 1.86. The molecule has 0 aromatic heterocycles. The average Bonchev–Trinajstić information content (AvgIpc) is 2.12. The van der Waals surface area contributed by atoms with Crippen molar-refractivity contribution in [2.24, 2.45) is 0 Å². The molecule has 0 aliphatic carbocycles. The van der Waals surface area contributed by atoms with Crippen molar-refractivity contribution in [2.45, 2.75) is 13.0 Å². The van der Waals surface area contributed by atoms with Crippen LogP contribution < -0.4 is 10.1 Å². The van der Waals surface area contributed by atoms with Crippen LogP contribution in [0.25, 0.3) is 0 Å². The molecule has 4 heteroatoms. The zero-order valence-electron chi connectivity index (χ0n) is 8.18. The first-order valence-corrected chi connectivity index (χ1v) is 5.19. The normalized spacial score (nSPS) is 12.6. The molecule has 0 amide bonds. The van der Waals surface area contributed by atoms with Crippen LogP contribution in [0, 0.1) is 5.82 Å². The molecule has 1 atom stereocenters. The van der Waals surface area contributed by atoms with Crippen molar-refractivity contribution < 1.29 is 9.13 Å². The quantitative estimate of drug-likeness (QED) is 0.900. The predicted octanol–water partition coefficient (Wildman–Crippen LogP) is 2.57. The molecule has 1 aromatic rings. The Bertz CT molecular complexity index is 306. The molecule has 0 heterocycles. The summed E-state index contributed by atoms with van der Waals surface area (Å²) in [6, 6.07) is 4.62. The van der Waals surface area contributed by atoms with Crippen molar-refractivity contribution in [1.29, 1.82) is 0 Å². The largest absolute Gasteiger partial charge is 0.489 e. The summed E-state index contributed by atoms with van der Waals surface area (Å²) in [6.45, 7) is 2.71. The number of ether oxygens (including phenoxy) is 1. The van der Waals surface area contributed by atoms with E-state index in [0.29, 0.717) is 10.2 Å². The van der Waals surface area contributed by atoms with Gasteiger partial charge in [-0.25, -0.2) is 4.39 Å². The molecule has 0 fully saturated rings. The molecule has 1 unspecified atom stereocenters. The molecule has 2 nitrogen and oxygen atoms in total. The van der Waals surface area contributed by atoms with Gasteiger partial charge in [-0.2, -0.15) is 0 Å². The number of hydrogen-bond donors (Lipinski definition) is 1. The van der Waals surface area contributed by atoms with Crippen molar-refractivity contribution in [2.75, 3.05) is 13.6 Å². The van der Waals surface area contributed by atoms with Gasteiger partial charge in [0.05, 0.1) is 4.47 Å². The molecule has 0 saturated carbocycles. The van der Waals surface area contributed by atoms with E-state index < -0.39 is 0 Å². The molecule has 0 aliphatic rings. The number of rotatable bonds is 4. The van der Waals surface area contributed by atoms with E-state index in [9.17, 15) is 4.39 Å². The lowest BCUT2D eigenvalue weighted by Crippen LogP contribution is -2.25. The van der Waals surface area contributed by atoms with E-state index in [1.54, 1.807) is 12.1 Å². The van der Waals surface area contributed by atoms with Crippen LogP contribution in [-0.4, -0.2) is 19.7 Å². The second-order valence-corrected chi connectivity index (χ2v) is 3.92. The standard InChI is InChI=1S/C10H13BrFNO/c1-7(6-13-2)14-8-3-4-10(12)9(11)5-8/h3-5,7,13H,6H2,1-2H3. The monoisotopic (exact) mass is 261 g/mol. The third-order valence-electron chi connectivity index (χ3n) is 1.72. The maximum absolute atomic E-state index is 12.9. The van der Waals surface area contributed by atoms with Gasteiger partial charge in [0.25, 0.3) is 0 Å². The maximum Gasteiger partial charge on any atom is 0.137 e. The lowest BCUT2D eigenvalue weighted by molar-refractivity contribution is 0.220. The zero-order chi connectivity index (χ0) is 10.6. The van der Waals surface area contributed by atoms with Gasteiger partial charge in [0.2, 0.25) is 0 Å². The van der Waals surface area contributed by atoms with Crippen LogP contribution in [0.3, 0.4) is 0 Å². The minimum atomic E-state index is -0.279. The van der Waals surface area contributed by atoms with Gasteiger partial charge in [-0.1, -0.05) is 0 Å². The van der Waals surface area contributed by atoms with Gasteiger partial charge in [-0.15, -0.1) is 0 Å². The highest BCUT2D eigenvalue weighted by molar-refractivity contribution is 9.10. The van der Waals surface area contributed by atoms with E-state index in [2.05, 4.69) is 21.2 Å². The first-order chi connectivity index (χ1) is 6.63. The Labute approximate surface area is 91.6 Å². The highest BCUT2D eigenvalue weighted by atomic mass is 79.9. The Kier molecular flexibility index (Phi) is 4.35. The summed E-state index contributed by atoms with van der Waals surface area (Å²) in [6.07, 6.45) is 0.0670. The zero-order valence-corrected chi connectivity index (χ0v) is 9.77. The SMILES string of the molecule is CNCC(C)Oc1ccc(F)c(Br)c1. The number of hydrogen-bond acceptors (Lipinski definition) is 2.